The first-order valence-corrected chi connectivity index (χ1v) is 7.49. The molecule has 4 nitrogen and oxygen atoms in total. The van der Waals surface area contributed by atoms with Gasteiger partial charge in [0.05, 0.1) is 5.56 Å². The average Bonchev–Trinajstić information content (AvgIpc) is 2.38. The van der Waals surface area contributed by atoms with E-state index in [2.05, 4.69) is 37.6 Å². The molecule has 20 heavy (non-hydrogen) atoms. The van der Waals surface area contributed by atoms with Gasteiger partial charge in [0.15, 0.2) is 0 Å². The van der Waals surface area contributed by atoms with Crippen LogP contribution in [-0.2, 0) is 0 Å². The molecular formula is C16H28N4. The highest BCUT2D eigenvalue weighted by Crippen LogP contribution is 2.24. The summed E-state index contributed by atoms with van der Waals surface area (Å²) in [5.74, 6) is 1.49. The van der Waals surface area contributed by atoms with Crippen LogP contribution in [0.1, 0.15) is 51.8 Å². The molecule has 0 aromatic carbocycles. The summed E-state index contributed by atoms with van der Waals surface area (Å²) in [6.45, 7) is 11.7. The molecule has 3 N–H and O–H groups in total. The average molecular weight is 276 g/mol. The molecule has 0 bridgehead atoms. The van der Waals surface area contributed by atoms with Crippen molar-refractivity contribution >= 4 is 11.7 Å². The lowest BCUT2D eigenvalue weighted by atomic mass is 10.1. The number of nitrogens with zero attached hydrogens (tertiary/aromatic N) is 2. The van der Waals surface area contributed by atoms with Crippen molar-refractivity contribution in [2.45, 2.75) is 53.5 Å². The number of nitrogen functional groups attached to an aromatic ring is 1. The highest BCUT2D eigenvalue weighted by molar-refractivity contribution is 5.99. The summed E-state index contributed by atoms with van der Waals surface area (Å²) in [5.41, 5.74) is 7.43. The number of pyridine rings is 1. The molecule has 0 saturated carbocycles. The van der Waals surface area contributed by atoms with E-state index < -0.39 is 0 Å². The van der Waals surface area contributed by atoms with Crippen molar-refractivity contribution in [3.8, 4) is 0 Å². The van der Waals surface area contributed by atoms with Gasteiger partial charge in [0.25, 0.3) is 0 Å². The van der Waals surface area contributed by atoms with Gasteiger partial charge in [-0.05, 0) is 37.8 Å². The van der Waals surface area contributed by atoms with Crippen molar-refractivity contribution in [2.75, 3.05) is 11.4 Å². The number of anilines is 1. The molecule has 4 heteroatoms. The zero-order chi connectivity index (χ0) is 15.3. The fraction of sp³-hybridized carbons (Fsp3) is 0.625. The summed E-state index contributed by atoms with van der Waals surface area (Å²) in [4.78, 5) is 7.00. The third-order valence-corrected chi connectivity index (χ3v) is 3.52. The lowest BCUT2D eigenvalue weighted by molar-refractivity contribution is 0.503. The lowest BCUT2D eigenvalue weighted by Crippen LogP contribution is -2.39. The lowest BCUT2D eigenvalue weighted by Gasteiger charge is -2.34. The first-order chi connectivity index (χ1) is 9.40. The summed E-state index contributed by atoms with van der Waals surface area (Å²) in [5, 5.41) is 7.79. The van der Waals surface area contributed by atoms with Gasteiger partial charge in [-0.1, -0.05) is 27.7 Å². The number of amidine groups is 1. The van der Waals surface area contributed by atoms with Crippen molar-refractivity contribution in [1.82, 2.24) is 4.98 Å². The zero-order valence-electron chi connectivity index (χ0n) is 13.4. The first-order valence-electron chi connectivity index (χ1n) is 7.49. The van der Waals surface area contributed by atoms with Gasteiger partial charge in [0.2, 0.25) is 0 Å². The van der Waals surface area contributed by atoms with Crippen LogP contribution >= 0.6 is 0 Å². The van der Waals surface area contributed by atoms with Crippen LogP contribution in [0.2, 0.25) is 0 Å². The summed E-state index contributed by atoms with van der Waals surface area (Å²) in [6.07, 6.45) is 2.13. The number of rotatable bonds is 7. The third-order valence-electron chi connectivity index (χ3n) is 3.52. The van der Waals surface area contributed by atoms with E-state index in [0.29, 0.717) is 12.0 Å². The van der Waals surface area contributed by atoms with Crippen molar-refractivity contribution in [1.29, 1.82) is 5.41 Å². The molecule has 0 radical (unpaired) electrons. The topological polar surface area (TPSA) is 66.0 Å². The van der Waals surface area contributed by atoms with Crippen molar-refractivity contribution in [3.05, 3.63) is 23.4 Å². The van der Waals surface area contributed by atoms with Gasteiger partial charge in [0, 0.05) is 18.3 Å². The molecule has 0 fully saturated rings. The summed E-state index contributed by atoms with van der Waals surface area (Å²) >= 11 is 0. The van der Waals surface area contributed by atoms with E-state index in [1.165, 1.54) is 0 Å². The van der Waals surface area contributed by atoms with Crippen molar-refractivity contribution < 1.29 is 0 Å². The van der Waals surface area contributed by atoms with Crippen LogP contribution in [0.4, 0.5) is 5.82 Å². The highest BCUT2D eigenvalue weighted by Gasteiger charge is 2.22. The fourth-order valence-electron chi connectivity index (χ4n) is 2.50. The Morgan fingerprint density at radius 3 is 2.35 bits per heavy atom. The minimum atomic E-state index is 0.0900. The van der Waals surface area contributed by atoms with Crippen LogP contribution in [0.15, 0.2) is 12.1 Å². The Morgan fingerprint density at radius 2 is 1.90 bits per heavy atom. The van der Waals surface area contributed by atoms with Crippen LogP contribution in [-0.4, -0.2) is 23.4 Å². The largest absolute Gasteiger partial charge is 0.384 e. The van der Waals surface area contributed by atoms with Crippen LogP contribution in [0.25, 0.3) is 0 Å². The van der Waals surface area contributed by atoms with Crippen LogP contribution in [0.5, 0.6) is 0 Å². The normalized spacial score (nSPS) is 11.2. The molecule has 1 rings (SSSR count). The fourth-order valence-corrected chi connectivity index (χ4v) is 2.50. The predicted octanol–water partition coefficient (Wildman–Crippen LogP) is 3.33. The zero-order valence-corrected chi connectivity index (χ0v) is 13.4. The molecule has 0 unspecified atom stereocenters. The Kier molecular flexibility index (Phi) is 5.99. The Morgan fingerprint density at radius 1 is 1.30 bits per heavy atom. The van der Waals surface area contributed by atoms with Crippen LogP contribution in [0.3, 0.4) is 0 Å². The molecule has 0 aliphatic carbocycles. The molecule has 1 aromatic rings. The third kappa shape index (κ3) is 3.95. The summed E-state index contributed by atoms with van der Waals surface area (Å²) in [7, 11) is 0. The maximum atomic E-state index is 7.79. The van der Waals surface area contributed by atoms with Gasteiger partial charge in [-0.15, -0.1) is 0 Å². The minimum absolute atomic E-state index is 0.0900. The summed E-state index contributed by atoms with van der Waals surface area (Å²) in [6, 6.07) is 4.26. The molecule has 112 valence electrons. The number of nitrogens with one attached hydrogen (secondary N) is 1. The van der Waals surface area contributed by atoms with E-state index in [1.54, 1.807) is 0 Å². The molecule has 0 aliphatic heterocycles. The highest BCUT2D eigenvalue weighted by atomic mass is 15.2. The van der Waals surface area contributed by atoms with Crippen molar-refractivity contribution in [2.24, 2.45) is 11.7 Å². The van der Waals surface area contributed by atoms with Crippen molar-refractivity contribution in [3.63, 3.8) is 0 Å². The van der Waals surface area contributed by atoms with Gasteiger partial charge in [-0.3, -0.25) is 5.41 Å². The molecule has 0 atom stereocenters. The molecule has 0 aliphatic rings. The van der Waals surface area contributed by atoms with Gasteiger partial charge < -0.3 is 10.6 Å². The molecule has 0 amide bonds. The monoisotopic (exact) mass is 276 g/mol. The quantitative estimate of drug-likeness (QED) is 0.593. The first kappa shape index (κ1) is 16.5. The standard InChI is InChI=1S/C16H28N4/c1-6-13(7-2)20(10-11(3)4)16-14(15(17)18)9-8-12(5)19-16/h8-9,11,13H,6-7,10H2,1-5H3,(H3,17,18). The second-order valence-corrected chi connectivity index (χ2v) is 5.75. The minimum Gasteiger partial charge on any atom is -0.384 e. The Hall–Kier alpha value is -1.58. The van der Waals surface area contributed by atoms with Gasteiger partial charge >= 0.3 is 0 Å². The predicted molar refractivity (Wildman–Crippen MR) is 86.5 cm³/mol. The van der Waals surface area contributed by atoms with Crippen LogP contribution < -0.4 is 10.6 Å². The second-order valence-electron chi connectivity index (χ2n) is 5.75. The van der Waals surface area contributed by atoms with E-state index in [1.807, 2.05) is 19.1 Å². The smallest absolute Gasteiger partial charge is 0.140 e. The van der Waals surface area contributed by atoms with Gasteiger partial charge in [0.1, 0.15) is 11.7 Å². The number of hydrogen-bond donors (Lipinski definition) is 2. The van der Waals surface area contributed by atoms with E-state index in [4.69, 9.17) is 11.1 Å². The SMILES string of the molecule is CCC(CC)N(CC(C)C)c1nc(C)ccc1C(=N)N. The Labute approximate surface area is 122 Å². The van der Waals surface area contributed by atoms with Gasteiger partial charge in [-0.2, -0.15) is 0 Å². The van der Waals surface area contributed by atoms with E-state index in [-0.39, 0.29) is 5.84 Å². The van der Waals surface area contributed by atoms with Crippen LogP contribution in [0, 0.1) is 18.3 Å². The Bertz CT molecular complexity index is 450. The summed E-state index contributed by atoms with van der Waals surface area (Å²) < 4.78 is 0. The number of hydrogen-bond acceptors (Lipinski definition) is 3. The van der Waals surface area contributed by atoms with E-state index >= 15 is 0 Å². The molecule has 0 saturated heterocycles. The maximum Gasteiger partial charge on any atom is 0.140 e. The molecule has 1 heterocycles. The molecule has 1 aromatic heterocycles. The number of aromatic nitrogens is 1. The second kappa shape index (κ2) is 7.27. The Balaban J connectivity index is 3.31. The van der Waals surface area contributed by atoms with E-state index in [9.17, 15) is 0 Å². The molecule has 0 spiro atoms. The van der Waals surface area contributed by atoms with Gasteiger partial charge in [-0.25, -0.2) is 4.98 Å². The maximum absolute atomic E-state index is 7.79. The number of aryl methyl sites for hydroxylation is 1. The number of nitrogens with two attached hydrogens (primary N) is 1. The van der Waals surface area contributed by atoms with E-state index in [0.717, 1.165) is 36.5 Å². The molecular weight excluding hydrogens is 248 g/mol.